The van der Waals surface area contributed by atoms with Gasteiger partial charge in [0.2, 0.25) is 0 Å². The summed E-state index contributed by atoms with van der Waals surface area (Å²) in [6.07, 6.45) is 0.843. The fourth-order valence-electron chi connectivity index (χ4n) is 1.94. The van der Waals surface area contributed by atoms with Gasteiger partial charge in [-0.3, -0.25) is 0 Å². The first-order valence-corrected chi connectivity index (χ1v) is 8.64. The molecule has 0 aliphatic carbocycles. The molecular formula is C16H17ClN2O2S2. The highest BCUT2D eigenvalue weighted by molar-refractivity contribution is 7.80. The lowest BCUT2D eigenvalue weighted by Gasteiger charge is -2.11. The highest BCUT2D eigenvalue weighted by Gasteiger charge is 2.17. The Morgan fingerprint density at radius 3 is 2.78 bits per heavy atom. The van der Waals surface area contributed by atoms with Crippen molar-refractivity contribution in [1.29, 1.82) is 0 Å². The van der Waals surface area contributed by atoms with E-state index in [2.05, 4.69) is 10.6 Å². The highest BCUT2D eigenvalue weighted by Crippen LogP contribution is 2.29. The summed E-state index contributed by atoms with van der Waals surface area (Å²) in [4.78, 5) is 12.9. The van der Waals surface area contributed by atoms with Gasteiger partial charge in [0.25, 0.3) is 0 Å². The lowest BCUT2D eigenvalue weighted by atomic mass is 10.2. The Morgan fingerprint density at radius 2 is 2.13 bits per heavy atom. The summed E-state index contributed by atoms with van der Waals surface area (Å²) in [5, 5.41) is 7.95. The monoisotopic (exact) mass is 368 g/mol. The normalized spacial score (nSPS) is 10.2. The second-order valence-corrected chi connectivity index (χ2v) is 6.65. The second kappa shape index (κ2) is 8.29. The molecule has 0 aliphatic heterocycles. The number of aryl methyl sites for hydroxylation is 1. The van der Waals surface area contributed by atoms with Gasteiger partial charge in [0, 0.05) is 16.4 Å². The average molecular weight is 369 g/mol. The molecule has 2 rings (SSSR count). The Bertz CT molecular complexity index is 716. The molecule has 7 heteroatoms. The van der Waals surface area contributed by atoms with E-state index in [-0.39, 0.29) is 5.97 Å². The van der Waals surface area contributed by atoms with Gasteiger partial charge in [-0.25, -0.2) is 4.79 Å². The molecule has 1 aromatic heterocycles. The lowest BCUT2D eigenvalue weighted by Crippen LogP contribution is -2.28. The zero-order valence-electron chi connectivity index (χ0n) is 12.8. The van der Waals surface area contributed by atoms with Gasteiger partial charge >= 0.3 is 5.97 Å². The maximum absolute atomic E-state index is 11.8. The van der Waals surface area contributed by atoms with Crippen LogP contribution in [0.5, 0.6) is 0 Å². The minimum atomic E-state index is -0.377. The first-order chi connectivity index (χ1) is 11.0. The number of thiophene rings is 1. The quantitative estimate of drug-likeness (QED) is 0.610. The number of ether oxygens (including phenoxy) is 1. The van der Waals surface area contributed by atoms with Crippen LogP contribution in [0.1, 0.15) is 27.7 Å². The predicted molar refractivity (Wildman–Crippen MR) is 99.5 cm³/mol. The van der Waals surface area contributed by atoms with Gasteiger partial charge in [-0.2, -0.15) is 0 Å². The van der Waals surface area contributed by atoms with E-state index in [4.69, 9.17) is 28.6 Å². The van der Waals surface area contributed by atoms with Crippen molar-refractivity contribution in [3.63, 3.8) is 0 Å². The van der Waals surface area contributed by atoms with Crippen molar-refractivity contribution in [1.82, 2.24) is 5.32 Å². The van der Waals surface area contributed by atoms with E-state index >= 15 is 0 Å². The number of benzene rings is 1. The third-order valence-electron chi connectivity index (χ3n) is 3.16. The number of thiocarbonyl (C=S) groups is 1. The van der Waals surface area contributed by atoms with E-state index in [1.165, 1.54) is 18.4 Å². The third-order valence-corrected chi connectivity index (χ3v) is 4.97. The number of anilines is 1. The van der Waals surface area contributed by atoms with Gasteiger partial charge in [0.05, 0.1) is 12.7 Å². The van der Waals surface area contributed by atoms with Crippen LogP contribution >= 0.6 is 35.2 Å². The summed E-state index contributed by atoms with van der Waals surface area (Å²) in [5.41, 5.74) is 1.45. The molecule has 0 spiro atoms. The van der Waals surface area contributed by atoms with Gasteiger partial charge in [-0.05, 0) is 36.3 Å². The van der Waals surface area contributed by atoms with Crippen molar-refractivity contribution in [3.8, 4) is 0 Å². The molecule has 1 aromatic carbocycles. The largest absolute Gasteiger partial charge is 0.465 e. The molecule has 0 atom stereocenters. The summed E-state index contributed by atoms with van der Waals surface area (Å²) >= 11 is 12.9. The first-order valence-electron chi connectivity index (χ1n) is 7.04. The van der Waals surface area contributed by atoms with Crippen LogP contribution in [0.25, 0.3) is 0 Å². The SMILES string of the molecule is CCc1cc(C(=O)OC)c(NC(=S)NCc2ccccc2Cl)s1. The molecule has 122 valence electrons. The van der Waals surface area contributed by atoms with Crippen molar-refractivity contribution >= 4 is 51.2 Å². The van der Waals surface area contributed by atoms with Crippen LogP contribution in [0.2, 0.25) is 5.02 Å². The molecule has 2 N–H and O–H groups in total. The number of halogens is 1. The van der Waals surface area contributed by atoms with Crippen molar-refractivity contribution in [3.05, 3.63) is 51.4 Å². The second-order valence-electron chi connectivity index (χ2n) is 4.70. The molecule has 0 radical (unpaired) electrons. The minimum absolute atomic E-state index is 0.377. The van der Waals surface area contributed by atoms with Crippen LogP contribution in [0.3, 0.4) is 0 Å². The molecule has 2 aromatic rings. The molecule has 0 saturated heterocycles. The number of rotatable bonds is 5. The van der Waals surface area contributed by atoms with Gasteiger partial charge in [-0.1, -0.05) is 36.7 Å². The van der Waals surface area contributed by atoms with Gasteiger partial charge in [-0.15, -0.1) is 11.3 Å². The molecule has 0 bridgehead atoms. The summed E-state index contributed by atoms with van der Waals surface area (Å²) < 4.78 is 4.81. The number of nitrogens with one attached hydrogen (secondary N) is 2. The van der Waals surface area contributed by atoms with E-state index in [1.54, 1.807) is 0 Å². The van der Waals surface area contributed by atoms with E-state index in [0.29, 0.717) is 27.2 Å². The molecule has 0 unspecified atom stereocenters. The highest BCUT2D eigenvalue weighted by atomic mass is 35.5. The number of methoxy groups -OCH3 is 1. The van der Waals surface area contributed by atoms with Gasteiger partial charge in [0.1, 0.15) is 5.00 Å². The Balaban J connectivity index is 2.04. The summed E-state index contributed by atoms with van der Waals surface area (Å²) in [5.74, 6) is -0.377. The van der Waals surface area contributed by atoms with Gasteiger partial charge < -0.3 is 15.4 Å². The number of carbonyl (C=O) groups excluding carboxylic acids is 1. The van der Waals surface area contributed by atoms with E-state index in [0.717, 1.165) is 16.9 Å². The maximum atomic E-state index is 11.8. The van der Waals surface area contributed by atoms with Crippen LogP contribution in [0.4, 0.5) is 5.00 Å². The summed E-state index contributed by atoms with van der Waals surface area (Å²) in [6, 6.07) is 9.38. The van der Waals surface area contributed by atoms with Crippen LogP contribution < -0.4 is 10.6 Å². The van der Waals surface area contributed by atoms with E-state index in [9.17, 15) is 4.79 Å². The Hall–Kier alpha value is -1.63. The van der Waals surface area contributed by atoms with Crippen LogP contribution in [-0.2, 0) is 17.7 Å². The zero-order valence-corrected chi connectivity index (χ0v) is 15.2. The zero-order chi connectivity index (χ0) is 16.8. The molecule has 4 nitrogen and oxygen atoms in total. The van der Waals surface area contributed by atoms with Crippen molar-refractivity contribution in [2.75, 3.05) is 12.4 Å². The lowest BCUT2D eigenvalue weighted by molar-refractivity contribution is 0.0602. The first kappa shape index (κ1) is 17.7. The number of carbonyl (C=O) groups is 1. The summed E-state index contributed by atoms with van der Waals surface area (Å²) in [7, 11) is 1.36. The van der Waals surface area contributed by atoms with Crippen molar-refractivity contribution in [2.45, 2.75) is 19.9 Å². The molecule has 0 amide bonds. The molecular weight excluding hydrogens is 352 g/mol. The Kier molecular flexibility index (Phi) is 6.38. The predicted octanol–water partition coefficient (Wildman–Crippen LogP) is 4.24. The van der Waals surface area contributed by atoms with E-state index < -0.39 is 0 Å². The maximum Gasteiger partial charge on any atom is 0.340 e. The van der Waals surface area contributed by atoms with Gasteiger partial charge in [0.15, 0.2) is 5.11 Å². The van der Waals surface area contributed by atoms with Crippen LogP contribution in [0, 0.1) is 0 Å². The summed E-state index contributed by atoms with van der Waals surface area (Å²) in [6.45, 7) is 2.54. The molecule has 1 heterocycles. The minimum Gasteiger partial charge on any atom is -0.465 e. The standard InChI is InChI=1S/C16H17ClN2O2S2/c1-3-11-8-12(15(20)21-2)14(23-11)19-16(22)18-9-10-6-4-5-7-13(10)17/h4-8H,3,9H2,1-2H3,(H2,18,19,22). The molecule has 0 aliphatic rings. The number of hydrogen-bond donors (Lipinski definition) is 2. The van der Waals surface area contributed by atoms with E-state index in [1.807, 2.05) is 37.3 Å². The topological polar surface area (TPSA) is 50.4 Å². The fourth-order valence-corrected chi connectivity index (χ4v) is 3.37. The van der Waals surface area contributed by atoms with Crippen LogP contribution in [0.15, 0.2) is 30.3 Å². The molecule has 23 heavy (non-hydrogen) atoms. The fraction of sp³-hybridized carbons (Fsp3) is 0.250. The molecule has 0 fully saturated rings. The number of esters is 1. The molecule has 0 saturated carbocycles. The Morgan fingerprint density at radius 1 is 1.39 bits per heavy atom. The smallest absolute Gasteiger partial charge is 0.340 e. The van der Waals surface area contributed by atoms with Crippen molar-refractivity contribution < 1.29 is 9.53 Å². The van der Waals surface area contributed by atoms with Crippen molar-refractivity contribution in [2.24, 2.45) is 0 Å². The number of hydrogen-bond acceptors (Lipinski definition) is 4. The Labute approximate surface area is 149 Å². The third kappa shape index (κ3) is 4.67. The average Bonchev–Trinajstić information content (AvgIpc) is 2.96. The van der Waals surface area contributed by atoms with Crippen LogP contribution in [-0.4, -0.2) is 18.2 Å².